The fraction of sp³-hybridized carbons (Fsp3) is 0.286. The Hall–Kier alpha value is 0.430. The Labute approximate surface area is 101 Å². The minimum absolute atomic E-state index is 0.283. The molecule has 1 N–H and O–H groups in total. The molecule has 1 aromatic heterocycles. The van der Waals surface area contributed by atoms with Crippen molar-refractivity contribution in [3.05, 3.63) is 24.6 Å². The first-order valence-electron chi connectivity index (χ1n) is 3.30. The average Bonchev–Trinajstić information content (AvgIpc) is 2.09. The number of halogens is 4. The molecule has 0 aromatic carbocycles. The Morgan fingerprint density at radius 3 is 2.54 bits per heavy atom. The fourth-order valence-corrected chi connectivity index (χ4v) is 1.86. The van der Waals surface area contributed by atoms with Gasteiger partial charge in [0.1, 0.15) is 5.69 Å². The molecule has 0 unspecified atom stereocenters. The molecule has 0 amide bonds. The third-order valence-corrected chi connectivity index (χ3v) is 4.46. The molecule has 1 aromatic rings. The van der Waals surface area contributed by atoms with Crippen LogP contribution < -0.4 is 0 Å². The minimum atomic E-state index is -2.59. The van der Waals surface area contributed by atoms with E-state index in [1.165, 1.54) is 6.07 Å². The van der Waals surface area contributed by atoms with Crippen molar-refractivity contribution in [3.63, 3.8) is 0 Å². The molecule has 6 heteroatoms. The molecular formula is C7H5F2I2NO. The van der Waals surface area contributed by atoms with Crippen LogP contribution in [0.5, 0.6) is 0 Å². The second-order valence-electron chi connectivity index (χ2n) is 2.25. The van der Waals surface area contributed by atoms with E-state index in [9.17, 15) is 8.78 Å². The van der Waals surface area contributed by atoms with Crippen LogP contribution >= 0.6 is 45.2 Å². The molecule has 0 aliphatic rings. The van der Waals surface area contributed by atoms with Gasteiger partial charge in [-0.2, -0.15) is 0 Å². The van der Waals surface area contributed by atoms with Gasteiger partial charge in [0, 0.05) is 3.57 Å². The maximum atomic E-state index is 12.2. The number of aliphatic hydroxyl groups is 1. The van der Waals surface area contributed by atoms with Crippen LogP contribution in [0.3, 0.4) is 0 Å². The Morgan fingerprint density at radius 2 is 2.08 bits per heavy atom. The molecule has 0 saturated heterocycles. The zero-order valence-corrected chi connectivity index (χ0v) is 10.6. The van der Waals surface area contributed by atoms with E-state index in [2.05, 4.69) is 4.98 Å². The van der Waals surface area contributed by atoms with Crippen molar-refractivity contribution in [2.24, 2.45) is 0 Å². The quantitative estimate of drug-likeness (QED) is 0.760. The second-order valence-corrected chi connectivity index (χ2v) is 4.49. The highest BCUT2D eigenvalue weighted by atomic mass is 127. The number of hydrogen-bond acceptors (Lipinski definition) is 2. The van der Waals surface area contributed by atoms with Crippen LogP contribution in [0.2, 0.25) is 0 Å². The van der Waals surface area contributed by atoms with Crippen LogP contribution in [0.25, 0.3) is 0 Å². The number of aromatic nitrogens is 1. The molecule has 0 fully saturated rings. The highest BCUT2D eigenvalue weighted by Gasteiger charge is 2.14. The Morgan fingerprint density at radius 1 is 1.46 bits per heavy atom. The van der Waals surface area contributed by atoms with Crippen molar-refractivity contribution < 1.29 is 13.9 Å². The lowest BCUT2D eigenvalue weighted by molar-refractivity contribution is 0.145. The van der Waals surface area contributed by atoms with E-state index in [4.69, 9.17) is 5.11 Å². The van der Waals surface area contributed by atoms with Crippen molar-refractivity contribution in [2.75, 3.05) is 0 Å². The van der Waals surface area contributed by atoms with Gasteiger partial charge >= 0.3 is 0 Å². The van der Waals surface area contributed by atoms with E-state index in [0.717, 1.165) is 3.57 Å². The summed E-state index contributed by atoms with van der Waals surface area (Å²) in [6.07, 6.45) is -2.59. The van der Waals surface area contributed by atoms with E-state index < -0.39 is 6.43 Å². The molecule has 0 radical (unpaired) electrons. The van der Waals surface area contributed by atoms with E-state index in [-0.39, 0.29) is 12.3 Å². The molecule has 2 nitrogen and oxygen atoms in total. The first kappa shape index (κ1) is 11.5. The predicted octanol–water partition coefficient (Wildman–Crippen LogP) is 2.72. The lowest BCUT2D eigenvalue weighted by Gasteiger charge is -2.06. The molecular weight excluding hydrogens is 406 g/mol. The summed E-state index contributed by atoms with van der Waals surface area (Å²) in [6, 6.07) is 1.33. The second kappa shape index (κ2) is 4.78. The Bertz CT molecular complexity index is 320. The normalized spacial score (nSPS) is 10.9. The predicted molar refractivity (Wildman–Crippen MR) is 60.6 cm³/mol. The lowest BCUT2D eigenvalue weighted by atomic mass is 10.3. The third-order valence-electron chi connectivity index (χ3n) is 1.38. The van der Waals surface area contributed by atoms with E-state index >= 15 is 0 Å². The lowest BCUT2D eigenvalue weighted by Crippen LogP contribution is -2.01. The first-order valence-corrected chi connectivity index (χ1v) is 5.45. The number of nitrogens with zero attached hydrogens (tertiary/aromatic N) is 1. The molecule has 0 spiro atoms. The summed E-state index contributed by atoms with van der Waals surface area (Å²) >= 11 is 3.91. The average molecular weight is 411 g/mol. The summed E-state index contributed by atoms with van der Waals surface area (Å²) in [6.45, 7) is -0.311. The van der Waals surface area contributed by atoms with Gasteiger partial charge in [-0.3, -0.25) is 0 Å². The van der Waals surface area contributed by atoms with Crippen molar-refractivity contribution in [1.82, 2.24) is 4.98 Å². The van der Waals surface area contributed by atoms with Crippen molar-refractivity contribution in [3.8, 4) is 0 Å². The van der Waals surface area contributed by atoms with Gasteiger partial charge < -0.3 is 5.11 Å². The maximum absolute atomic E-state index is 12.2. The number of aliphatic hydroxyl groups excluding tert-OH is 1. The van der Waals surface area contributed by atoms with E-state index in [1.54, 1.807) is 0 Å². The fourth-order valence-electron chi connectivity index (χ4n) is 0.785. The minimum Gasteiger partial charge on any atom is -0.390 e. The summed E-state index contributed by atoms with van der Waals surface area (Å²) in [5.41, 5.74) is 0.0247. The SMILES string of the molecule is OCc1nc(C(F)F)cc(I)c1I. The number of alkyl halides is 2. The van der Waals surface area contributed by atoms with Crippen LogP contribution in [0.4, 0.5) is 8.78 Å². The van der Waals surface area contributed by atoms with E-state index in [0.29, 0.717) is 9.26 Å². The van der Waals surface area contributed by atoms with Gasteiger partial charge in [-0.05, 0) is 51.2 Å². The maximum Gasteiger partial charge on any atom is 0.280 e. The van der Waals surface area contributed by atoms with Crippen molar-refractivity contribution in [1.29, 1.82) is 0 Å². The molecule has 0 saturated carbocycles. The van der Waals surface area contributed by atoms with Gasteiger partial charge in [0.2, 0.25) is 0 Å². The number of hydrogen-bond donors (Lipinski definition) is 1. The van der Waals surface area contributed by atoms with Crippen molar-refractivity contribution in [2.45, 2.75) is 13.0 Å². The molecule has 1 heterocycles. The van der Waals surface area contributed by atoms with Gasteiger partial charge in [-0.25, -0.2) is 13.8 Å². The zero-order chi connectivity index (χ0) is 10.0. The molecule has 0 aliphatic heterocycles. The first-order chi connectivity index (χ1) is 6.06. The summed E-state index contributed by atoms with van der Waals surface area (Å²) in [4.78, 5) is 3.64. The Kier molecular flexibility index (Phi) is 4.23. The number of rotatable bonds is 2. The Balaban J connectivity index is 3.22. The topological polar surface area (TPSA) is 33.1 Å². The van der Waals surface area contributed by atoms with Gasteiger partial charge in [-0.1, -0.05) is 0 Å². The van der Waals surface area contributed by atoms with Gasteiger partial charge in [0.05, 0.1) is 15.9 Å². The summed E-state index contributed by atoms with van der Waals surface area (Å²) in [5.74, 6) is 0. The molecule has 0 bridgehead atoms. The monoisotopic (exact) mass is 411 g/mol. The van der Waals surface area contributed by atoms with Gasteiger partial charge in [-0.15, -0.1) is 0 Å². The highest BCUT2D eigenvalue weighted by Crippen LogP contribution is 2.24. The van der Waals surface area contributed by atoms with Crippen LogP contribution in [-0.2, 0) is 6.61 Å². The largest absolute Gasteiger partial charge is 0.390 e. The zero-order valence-electron chi connectivity index (χ0n) is 6.27. The van der Waals surface area contributed by atoms with Crippen molar-refractivity contribution >= 4 is 45.2 Å². The molecule has 0 aliphatic carbocycles. The summed E-state index contributed by atoms with van der Waals surface area (Å²) in [5, 5.41) is 8.83. The number of pyridine rings is 1. The van der Waals surface area contributed by atoms with Gasteiger partial charge in [0.15, 0.2) is 0 Å². The standard InChI is InChI=1S/C7H5F2I2NO/c8-7(9)4-1-3(10)6(11)5(2-13)12-4/h1,7,13H,2H2. The van der Waals surface area contributed by atoms with Crippen LogP contribution in [0.15, 0.2) is 6.07 Å². The van der Waals surface area contributed by atoms with Crippen LogP contribution in [0, 0.1) is 7.14 Å². The van der Waals surface area contributed by atoms with Crippen LogP contribution in [0.1, 0.15) is 17.8 Å². The molecule has 13 heavy (non-hydrogen) atoms. The highest BCUT2D eigenvalue weighted by molar-refractivity contribution is 14.1. The smallest absolute Gasteiger partial charge is 0.280 e. The van der Waals surface area contributed by atoms with E-state index in [1.807, 2.05) is 45.2 Å². The summed E-state index contributed by atoms with van der Waals surface area (Å²) in [7, 11) is 0. The molecule has 1 rings (SSSR count). The molecule has 72 valence electrons. The van der Waals surface area contributed by atoms with Crippen LogP contribution in [-0.4, -0.2) is 10.1 Å². The molecule has 0 atom stereocenters. The summed E-state index contributed by atoms with van der Waals surface area (Å²) < 4.78 is 25.9. The van der Waals surface area contributed by atoms with Gasteiger partial charge in [0.25, 0.3) is 6.43 Å². The third kappa shape index (κ3) is 2.69.